The molecule has 2 aliphatic carbocycles. The number of nitrogens with one attached hydrogen (secondary N) is 1. The lowest BCUT2D eigenvalue weighted by atomic mass is 9.57. The van der Waals surface area contributed by atoms with E-state index < -0.39 is 17.8 Å². The Balaban J connectivity index is 1.35. The van der Waals surface area contributed by atoms with Gasteiger partial charge in [-0.25, -0.2) is 4.79 Å². The number of para-hydroxylation sites is 1. The summed E-state index contributed by atoms with van der Waals surface area (Å²) in [6.07, 6.45) is 1.07. The number of urea groups is 1. The quantitative estimate of drug-likeness (QED) is 0.590. The molecule has 5 unspecified atom stereocenters. The van der Waals surface area contributed by atoms with Gasteiger partial charge in [0.1, 0.15) is 0 Å². The van der Waals surface area contributed by atoms with Crippen LogP contribution in [0.4, 0.5) is 23.7 Å². The fourth-order valence-corrected chi connectivity index (χ4v) is 8.37. The number of halogens is 3. The summed E-state index contributed by atoms with van der Waals surface area (Å²) >= 11 is 0. The van der Waals surface area contributed by atoms with Gasteiger partial charge >= 0.3 is 12.2 Å². The topological polar surface area (TPSA) is 82.1 Å². The number of fused-ring (bicyclic) bond motifs is 4. The molecule has 3 amide bonds. The Labute approximate surface area is 221 Å². The number of ether oxygens (including phenoxy) is 1. The average molecular weight is 538 g/mol. The number of hydrogen-bond donors (Lipinski definition) is 2. The number of alkyl halides is 3. The molecular weight excluding hydrogens is 499 g/mol. The minimum Gasteiger partial charge on any atom is -0.394 e. The summed E-state index contributed by atoms with van der Waals surface area (Å²) in [5.74, 6) is 1.47. The Hall–Kier alpha value is -2.33. The third kappa shape index (κ3) is 4.78. The number of carbonyl (C=O) groups is 2. The minimum absolute atomic E-state index is 0.0459. The zero-order valence-corrected chi connectivity index (χ0v) is 22.0. The van der Waals surface area contributed by atoms with Crippen molar-refractivity contribution in [3.63, 3.8) is 0 Å². The zero-order valence-electron chi connectivity index (χ0n) is 22.0. The number of hydrogen-bond acceptors (Lipinski definition) is 4. The van der Waals surface area contributed by atoms with Crippen molar-refractivity contribution in [3.8, 4) is 0 Å². The molecule has 2 N–H and O–H groups in total. The molecule has 6 atom stereocenters. The van der Waals surface area contributed by atoms with Crippen molar-refractivity contribution >= 4 is 17.6 Å². The van der Waals surface area contributed by atoms with E-state index in [2.05, 4.69) is 5.32 Å². The van der Waals surface area contributed by atoms with Crippen molar-refractivity contribution in [2.75, 3.05) is 38.7 Å². The van der Waals surface area contributed by atoms with E-state index in [1.807, 2.05) is 4.90 Å². The van der Waals surface area contributed by atoms with Gasteiger partial charge in [-0.05, 0) is 79.7 Å². The number of piperidine rings is 2. The van der Waals surface area contributed by atoms with E-state index in [4.69, 9.17) is 4.74 Å². The average Bonchev–Trinajstić information content (AvgIpc) is 3.28. The third-order valence-electron chi connectivity index (χ3n) is 10.0. The predicted octanol–water partition coefficient (Wildman–Crippen LogP) is 4.61. The van der Waals surface area contributed by atoms with Crippen LogP contribution >= 0.6 is 0 Å². The summed E-state index contributed by atoms with van der Waals surface area (Å²) in [6.45, 7) is 2.88. The van der Waals surface area contributed by atoms with Crippen LogP contribution in [0.15, 0.2) is 24.3 Å². The molecule has 1 aromatic rings. The maximum atomic E-state index is 13.4. The zero-order chi connectivity index (χ0) is 27.2. The van der Waals surface area contributed by atoms with E-state index in [1.165, 1.54) is 18.2 Å². The lowest BCUT2D eigenvalue weighted by Crippen LogP contribution is -2.63. The second-order valence-electron chi connectivity index (χ2n) is 11.7. The standard InChI is InChI=1S/C28H38F3N3O4/c1-17(36)34-16-27(25-20-8-7-19(38-2)13-18(20)14-21(25)24(34)15-35)9-11-33(12-10-27)26(37)32-23-6-4-3-5-22(23)28(29,30)31/h3-6,18-21,24-25,35H,7-16H2,1-2H3,(H,32,37)/t18?,19?,20?,21?,24-,25?/m0/s1. The van der Waals surface area contributed by atoms with Crippen LogP contribution in [0.25, 0.3) is 0 Å². The molecule has 38 heavy (non-hydrogen) atoms. The summed E-state index contributed by atoms with van der Waals surface area (Å²) in [7, 11) is 1.76. The van der Waals surface area contributed by atoms with Crippen molar-refractivity contribution in [1.82, 2.24) is 9.80 Å². The van der Waals surface area contributed by atoms with E-state index in [-0.39, 0.29) is 41.7 Å². The molecule has 2 saturated carbocycles. The van der Waals surface area contributed by atoms with Crippen molar-refractivity contribution < 1.29 is 32.6 Å². The molecule has 7 nitrogen and oxygen atoms in total. The lowest BCUT2D eigenvalue weighted by Gasteiger charge is -2.58. The van der Waals surface area contributed by atoms with E-state index in [9.17, 15) is 27.9 Å². The number of anilines is 1. The molecule has 0 aromatic heterocycles. The normalized spacial score (nSPS) is 32.6. The Kier molecular flexibility index (Phi) is 7.41. The Bertz CT molecular complexity index is 1040. The smallest absolute Gasteiger partial charge is 0.394 e. The first-order chi connectivity index (χ1) is 18.1. The van der Waals surface area contributed by atoms with Gasteiger partial charge in [0.25, 0.3) is 0 Å². The van der Waals surface area contributed by atoms with Crippen LogP contribution in [0.2, 0.25) is 0 Å². The first kappa shape index (κ1) is 27.2. The maximum absolute atomic E-state index is 13.4. The molecule has 5 rings (SSSR count). The number of aliphatic hydroxyl groups is 1. The van der Waals surface area contributed by atoms with E-state index >= 15 is 0 Å². The van der Waals surface area contributed by atoms with Gasteiger partial charge in [-0.1, -0.05) is 12.1 Å². The number of aliphatic hydroxyl groups excluding tert-OH is 1. The van der Waals surface area contributed by atoms with Crippen LogP contribution in [0.5, 0.6) is 0 Å². The number of nitrogens with zero attached hydrogens (tertiary/aromatic N) is 2. The number of likely N-dealkylation sites (tertiary alicyclic amines) is 2. The van der Waals surface area contributed by atoms with Crippen LogP contribution in [0.1, 0.15) is 51.0 Å². The van der Waals surface area contributed by atoms with Gasteiger partial charge in [0.15, 0.2) is 0 Å². The second kappa shape index (κ2) is 10.3. The number of amides is 3. The summed E-state index contributed by atoms with van der Waals surface area (Å²) in [4.78, 5) is 29.2. The molecule has 1 spiro atoms. The summed E-state index contributed by atoms with van der Waals surface area (Å²) in [6, 6.07) is 4.28. The SMILES string of the molecule is COC1CCC2C(C1)CC1C2C2(CCN(C(=O)Nc3ccccc3C(F)(F)F)CC2)CN(C(C)=O)[C@H]1CO. The van der Waals surface area contributed by atoms with Crippen LogP contribution in [0, 0.1) is 29.1 Å². The first-order valence-electron chi connectivity index (χ1n) is 13.7. The fourth-order valence-electron chi connectivity index (χ4n) is 8.37. The fraction of sp³-hybridized carbons (Fsp3) is 0.714. The molecule has 2 heterocycles. The Morgan fingerprint density at radius 3 is 2.47 bits per heavy atom. The third-order valence-corrected chi connectivity index (χ3v) is 10.0. The highest BCUT2D eigenvalue weighted by molar-refractivity contribution is 5.90. The summed E-state index contributed by atoms with van der Waals surface area (Å²) in [5, 5.41) is 12.8. The van der Waals surface area contributed by atoms with E-state index in [0.29, 0.717) is 50.2 Å². The number of rotatable bonds is 3. The predicted molar refractivity (Wildman–Crippen MR) is 135 cm³/mol. The highest BCUT2D eigenvalue weighted by atomic mass is 19.4. The van der Waals surface area contributed by atoms with Crippen molar-refractivity contribution in [1.29, 1.82) is 0 Å². The molecule has 2 aliphatic heterocycles. The molecule has 10 heteroatoms. The van der Waals surface area contributed by atoms with Gasteiger partial charge in [0, 0.05) is 33.7 Å². The molecule has 4 aliphatic rings. The largest absolute Gasteiger partial charge is 0.418 e. The van der Waals surface area contributed by atoms with Crippen LogP contribution in [0.3, 0.4) is 0 Å². The monoisotopic (exact) mass is 537 g/mol. The highest BCUT2D eigenvalue weighted by Crippen LogP contribution is 2.62. The van der Waals surface area contributed by atoms with Crippen molar-refractivity contribution in [2.45, 2.75) is 63.8 Å². The van der Waals surface area contributed by atoms with Gasteiger partial charge in [-0.3, -0.25) is 4.79 Å². The van der Waals surface area contributed by atoms with Gasteiger partial charge in [0.05, 0.1) is 30.0 Å². The Morgan fingerprint density at radius 2 is 1.84 bits per heavy atom. The molecule has 2 saturated heterocycles. The van der Waals surface area contributed by atoms with Gasteiger partial charge < -0.3 is 25.0 Å². The minimum atomic E-state index is -4.56. The van der Waals surface area contributed by atoms with Gasteiger partial charge in [0.2, 0.25) is 5.91 Å². The number of methoxy groups -OCH3 is 1. The lowest BCUT2D eigenvalue weighted by molar-refractivity contribution is -0.151. The second-order valence-corrected chi connectivity index (χ2v) is 11.7. The maximum Gasteiger partial charge on any atom is 0.418 e. The highest BCUT2D eigenvalue weighted by Gasteiger charge is 2.61. The van der Waals surface area contributed by atoms with Crippen molar-refractivity contribution in [2.24, 2.45) is 29.1 Å². The molecular formula is C28H38F3N3O4. The number of carbonyl (C=O) groups excluding carboxylic acids is 2. The summed E-state index contributed by atoms with van der Waals surface area (Å²) in [5.41, 5.74) is -1.29. The number of benzene rings is 1. The molecule has 4 fully saturated rings. The van der Waals surface area contributed by atoms with Crippen LogP contribution in [-0.2, 0) is 15.7 Å². The molecule has 0 radical (unpaired) electrons. The van der Waals surface area contributed by atoms with Crippen LogP contribution in [-0.4, -0.2) is 72.3 Å². The first-order valence-corrected chi connectivity index (χ1v) is 13.7. The van der Waals surface area contributed by atoms with Gasteiger partial charge in [-0.15, -0.1) is 0 Å². The van der Waals surface area contributed by atoms with E-state index in [1.54, 1.807) is 18.9 Å². The Morgan fingerprint density at radius 1 is 1.13 bits per heavy atom. The van der Waals surface area contributed by atoms with E-state index in [0.717, 1.165) is 31.7 Å². The van der Waals surface area contributed by atoms with Crippen LogP contribution < -0.4 is 5.32 Å². The molecule has 210 valence electrons. The molecule has 1 aromatic carbocycles. The molecule has 0 bridgehead atoms. The summed E-state index contributed by atoms with van der Waals surface area (Å²) < 4.78 is 46.0. The van der Waals surface area contributed by atoms with Gasteiger partial charge in [-0.2, -0.15) is 13.2 Å². The van der Waals surface area contributed by atoms with Crippen molar-refractivity contribution in [3.05, 3.63) is 29.8 Å².